The van der Waals surface area contributed by atoms with E-state index in [1.54, 1.807) is 18.2 Å². The molecule has 0 spiro atoms. The maximum Gasteiger partial charge on any atom is 0.332 e. The van der Waals surface area contributed by atoms with Gasteiger partial charge in [0.2, 0.25) is 5.78 Å². The van der Waals surface area contributed by atoms with Crippen LogP contribution >= 0.6 is 34.4 Å². The lowest BCUT2D eigenvalue weighted by Crippen LogP contribution is -2.47. The molecule has 37 nitrogen and oxygen atoms in total. The Kier molecular flexibility index (Phi) is 36.7. The maximum atomic E-state index is 14.3. The lowest BCUT2D eigenvalue weighted by Gasteiger charge is -2.33. The molecule has 121 heavy (non-hydrogen) atoms. The van der Waals surface area contributed by atoms with Crippen molar-refractivity contribution in [2.75, 3.05) is 118 Å². The Labute approximate surface area is 701 Å². The first-order chi connectivity index (χ1) is 55.9. The molecular weight excluding hydrogens is 1680 g/mol. The van der Waals surface area contributed by atoms with E-state index in [4.69, 9.17) is 33.2 Å². The van der Waals surface area contributed by atoms with Gasteiger partial charge in [0.1, 0.15) is 78.2 Å². The van der Waals surface area contributed by atoms with Crippen LogP contribution < -0.4 is 49.7 Å². The van der Waals surface area contributed by atoms with Crippen molar-refractivity contribution in [1.29, 1.82) is 0 Å². The van der Waals surface area contributed by atoms with Crippen LogP contribution in [0.5, 0.6) is 0 Å². The minimum Gasteiger partial charge on any atom is -0.457 e. The molecule has 678 valence electrons. The zero-order chi connectivity index (χ0) is 91.4. The van der Waals surface area contributed by atoms with Crippen LogP contribution in [0.3, 0.4) is 0 Å². The van der Waals surface area contributed by atoms with Gasteiger partial charge in [-0.1, -0.05) is 13.2 Å². The smallest absolute Gasteiger partial charge is 0.332 e. The van der Waals surface area contributed by atoms with E-state index in [1.807, 2.05) is 36.6 Å². The monoisotopic (exact) mass is 1800 g/mol. The molecule has 5 unspecified atom stereocenters. The molecule has 5 fully saturated rings. The van der Waals surface area contributed by atoms with Crippen LogP contribution in [0.1, 0.15) is 91.8 Å². The van der Waals surface area contributed by atoms with Crippen molar-refractivity contribution in [3.63, 3.8) is 0 Å². The Bertz CT molecular complexity index is 4990. The largest absolute Gasteiger partial charge is 0.457 e. The fourth-order valence-corrected chi connectivity index (χ4v) is 18.2. The number of nitrogens with one attached hydrogen (secondary N) is 5. The number of methoxy groups -OCH3 is 2. The molecule has 3 amide bonds. The molecule has 0 aromatic carbocycles. The van der Waals surface area contributed by atoms with Gasteiger partial charge >= 0.3 is 29.1 Å². The number of aliphatic hydroxyl groups excluding tert-OH is 7. The van der Waals surface area contributed by atoms with Gasteiger partial charge in [-0.25, -0.2) is 23.6 Å². The minimum atomic E-state index is -1.54. The standard InChI is InChI=1S/C17H25N2O8P.C17H25N2O7P.C15H25N2O5P.C15H25N2O4P.C14H22FN2O3P/c1-9(20)26-8-11(21)10-7-19(17(25)18-15(10)24)16-14(23)13(22)12(27-16)5-6-28(2,3)4;1-9(20)7-11(21)10-8-19(17(25)18-15(10)24)16-14(23)13(22)12(26-16)5-6-27(2,3)4;1-16-11(18)6-8-17(15(16)20)14-13(21-2)12(19)10(22-14)7-9-23(3,4)5;1-10-16-12(18)6-8-17(10)15-14(20-2)13(19)11(21-15)7-9-22(3,4)5;1-8-9(7-16-14(19)17-8)13-11(15)12(18)10(20-13)5-6-21(2,3)4/h7,12-14,16,22-23H,2,5-6,8H2,1,3-4H3,(H,18,24,25);8,12-14,16,22-23H,2,5-7H2,1,3-4H3,(H,18,24,25);6,8,10,12-14,19H,3,7,9H2,1-2,4-5H3;6,8,11,13-15,19H,1,3,7,9H2,2,4-5H3,(H,16,18);7,10-13,18H,1-2,5-6H2,3-4H3,(H2,16,17,19)/t2*12-,13-,14-,16?;10-,12-,13-,14?;11-,13-,14-,15?;10-,11-,12-,13?/m11111/s1. The minimum absolute atomic E-state index is 0.228. The fourth-order valence-electron chi connectivity index (χ4n) is 13.4. The Morgan fingerprint density at radius 1 is 0.529 bits per heavy atom. The lowest BCUT2D eigenvalue weighted by molar-refractivity contribution is -0.139. The number of hydrogen-bond acceptors (Lipinski definition) is 28. The summed E-state index contributed by atoms with van der Waals surface area (Å²) >= 11 is 0. The number of H-pyrrole nitrogens is 2. The number of amides is 3. The number of nitrogens with zero attached hydrogens (tertiary/aromatic N) is 5. The van der Waals surface area contributed by atoms with Crippen LogP contribution in [0.25, 0.3) is 0 Å². The lowest BCUT2D eigenvalue weighted by atomic mass is 10.00. The van der Waals surface area contributed by atoms with Gasteiger partial charge in [0, 0.05) is 82.6 Å². The molecular formula is C78H122FN10O27P5. The molecule has 5 saturated heterocycles. The number of esters is 1. The number of ketones is 3. The highest BCUT2D eigenvalue weighted by Crippen LogP contribution is 2.45. The first kappa shape index (κ1) is 103. The molecule has 3 aromatic rings. The van der Waals surface area contributed by atoms with Crippen LogP contribution in [-0.2, 0) is 59.3 Å². The third-order valence-corrected chi connectivity index (χ3v) is 27.5. The van der Waals surface area contributed by atoms with Gasteiger partial charge in [0.15, 0.2) is 43.5 Å². The van der Waals surface area contributed by atoms with Crippen LogP contribution in [0.15, 0.2) is 102 Å². The number of carbonyl (C=O) groups excluding carboxylic acids is 6. The number of aromatic amines is 2. The Hall–Kier alpha value is -7.11. The summed E-state index contributed by atoms with van der Waals surface area (Å²) < 4.78 is 62.5. The van der Waals surface area contributed by atoms with E-state index in [9.17, 15) is 97.7 Å². The van der Waals surface area contributed by atoms with Crippen molar-refractivity contribution >= 4 is 101 Å². The molecule has 10 heterocycles. The number of rotatable bonds is 28. The van der Waals surface area contributed by atoms with Crippen molar-refractivity contribution in [1.82, 2.24) is 49.1 Å². The highest BCUT2D eigenvalue weighted by Gasteiger charge is 2.51. The van der Waals surface area contributed by atoms with E-state index in [0.29, 0.717) is 48.9 Å². The van der Waals surface area contributed by atoms with Crippen molar-refractivity contribution < 1.29 is 107 Å². The Morgan fingerprint density at radius 2 is 0.926 bits per heavy atom. The topological polar surface area (TPSA) is 511 Å². The number of alkyl halides is 1. The summed E-state index contributed by atoms with van der Waals surface area (Å²) in [6, 6.07) is 0.875. The van der Waals surface area contributed by atoms with Crippen molar-refractivity contribution in [2.24, 2.45) is 7.05 Å². The molecule has 12 N–H and O–H groups in total. The van der Waals surface area contributed by atoms with Gasteiger partial charge in [-0.05, 0) is 136 Å². The number of carbonyl (C=O) groups is 6. The zero-order valence-corrected chi connectivity index (χ0v) is 75.6. The average Bonchev–Trinajstić information content (AvgIpc) is 1.70. The molecule has 7 aliphatic heterocycles. The third-order valence-electron chi connectivity index (χ3n) is 20.2. The quantitative estimate of drug-likeness (QED) is 0.0200. The molecule has 10 rings (SSSR count). The first-order valence-electron chi connectivity index (χ1n) is 38.6. The van der Waals surface area contributed by atoms with Crippen LogP contribution in [-0.4, -0.2) is 358 Å². The first-order valence-corrected chi connectivity index (χ1v) is 53.9. The van der Waals surface area contributed by atoms with E-state index in [-0.39, 0.29) is 23.1 Å². The number of aromatic nitrogens is 6. The fraction of sp³-hybridized carbons (Fsp3) is 0.603. The second-order valence-electron chi connectivity index (χ2n) is 34.0. The van der Waals surface area contributed by atoms with Crippen LogP contribution in [0.2, 0.25) is 0 Å². The Morgan fingerprint density at radius 3 is 1.32 bits per heavy atom. The van der Waals surface area contributed by atoms with Gasteiger partial charge < -0.3 is 94.5 Å². The number of ether oxygens (including phenoxy) is 8. The summed E-state index contributed by atoms with van der Waals surface area (Å²) in [6.07, 6.45) is 16.5. The van der Waals surface area contributed by atoms with Gasteiger partial charge in [0.05, 0.1) is 42.5 Å². The van der Waals surface area contributed by atoms with E-state index in [0.717, 1.165) is 64.1 Å². The molecule has 0 radical (unpaired) electrons. The van der Waals surface area contributed by atoms with Crippen molar-refractivity contribution in [2.45, 2.75) is 175 Å². The van der Waals surface area contributed by atoms with E-state index in [2.05, 4.69) is 105 Å². The number of halogens is 1. The number of urea groups is 1. The molecule has 3 aromatic heterocycles. The molecule has 7 aliphatic rings. The maximum absolute atomic E-state index is 14.3. The van der Waals surface area contributed by atoms with E-state index < -0.39 is 227 Å². The van der Waals surface area contributed by atoms with Gasteiger partial charge in [-0.3, -0.25) is 66.6 Å². The third kappa shape index (κ3) is 29.0. The molecule has 0 bridgehead atoms. The van der Waals surface area contributed by atoms with Crippen LogP contribution in [0.4, 0.5) is 9.18 Å². The predicted octanol–water partition coefficient (Wildman–Crippen LogP) is 0.203. The summed E-state index contributed by atoms with van der Waals surface area (Å²) in [6.45, 7) is 23.6. The number of hydrogen-bond donors (Lipinski definition) is 12. The molecule has 43 heteroatoms. The summed E-state index contributed by atoms with van der Waals surface area (Å²) in [5.41, 5.74) is -4.65. The van der Waals surface area contributed by atoms with E-state index >= 15 is 0 Å². The normalized spacial score (nSPS) is 28.5. The highest BCUT2D eigenvalue weighted by molar-refractivity contribution is 7.73. The summed E-state index contributed by atoms with van der Waals surface area (Å²) in [5.74, 6) is -2.51. The van der Waals surface area contributed by atoms with Gasteiger partial charge in [-0.15, -0.1) is 65.9 Å². The molecule has 20 atom stereocenters. The second-order valence-corrected chi connectivity index (χ2v) is 55.6. The summed E-state index contributed by atoms with van der Waals surface area (Å²) in [7, 11) is 4.42. The summed E-state index contributed by atoms with van der Waals surface area (Å²) in [5, 5.41) is 79.6. The van der Waals surface area contributed by atoms with Gasteiger partial charge in [0.25, 0.3) is 22.6 Å². The molecule has 0 saturated carbocycles. The summed E-state index contributed by atoms with van der Waals surface area (Å²) in [4.78, 5) is 146. The van der Waals surface area contributed by atoms with Crippen molar-refractivity contribution in [3.05, 3.63) is 147 Å². The van der Waals surface area contributed by atoms with Crippen LogP contribution in [0, 0.1) is 0 Å². The highest BCUT2D eigenvalue weighted by atomic mass is 31.2. The Balaban J connectivity index is 0.000000235. The zero-order valence-electron chi connectivity index (χ0n) is 71.2. The average molecular weight is 1810 g/mol. The number of Topliss-reactive ketones (excluding diaryl/α,β-unsaturated/α-hetero) is 3. The van der Waals surface area contributed by atoms with Crippen molar-refractivity contribution in [3.8, 4) is 0 Å². The van der Waals surface area contributed by atoms with E-state index in [1.165, 1.54) is 50.2 Å². The molecule has 0 aliphatic carbocycles. The van der Waals surface area contributed by atoms with Gasteiger partial charge in [-0.2, -0.15) is 0 Å². The number of aliphatic hydroxyl groups is 7. The second kappa shape index (κ2) is 43.2. The SMILES string of the molecule is C=C1NC(=O)C=CN1C1O[C@H](CCP(=C)(C)C)[C@@H](O)[C@H]1OC.C=C1NC(=O)NC=C1C1O[C@H](CCP(=C)(C)C)[C@@H](O)[C@H]1F.C=P(C)(C)CC[C@H]1OC(n2cc(C(=O)CC(C)=O)c(=O)[nH]c2=O)[C@H](O)[C@@H]1O.C=P(C)(C)CC[C@H]1OC(n2cc(C(=O)COC(C)=O)c(=O)[nH]c2=O)[C@H](O)[C@@H]1O.C=P(C)(C)CC[C@H]1OC(n2ccc(=O)n(C)c2=O)[C@H](OC)[C@@H]1O. The predicted molar refractivity (Wildman–Crippen MR) is 471 cm³/mol.